The van der Waals surface area contributed by atoms with Crippen molar-refractivity contribution in [2.45, 2.75) is 11.3 Å². The molecule has 0 aliphatic heterocycles. The lowest BCUT2D eigenvalue weighted by Crippen LogP contribution is -2.15. The van der Waals surface area contributed by atoms with E-state index in [4.69, 9.17) is 0 Å². The van der Waals surface area contributed by atoms with Gasteiger partial charge in [-0.05, 0) is 40.6 Å². The van der Waals surface area contributed by atoms with Crippen LogP contribution in [0.25, 0.3) is 10.8 Å². The molecule has 0 radical (unpaired) electrons. The van der Waals surface area contributed by atoms with E-state index in [-0.39, 0.29) is 17.2 Å². The second-order valence-electron chi connectivity index (χ2n) is 6.33. The van der Waals surface area contributed by atoms with E-state index in [9.17, 15) is 13.2 Å². The molecular weight excluding hydrogens is 406 g/mol. The van der Waals surface area contributed by atoms with Crippen LogP contribution in [-0.2, 0) is 21.2 Å². The molecule has 0 bridgehead atoms. The quantitative estimate of drug-likeness (QED) is 0.485. The Balaban J connectivity index is 1.45. The van der Waals surface area contributed by atoms with Gasteiger partial charge in [-0.25, -0.2) is 13.4 Å². The number of carbonyl (C=O) groups is 1. The maximum atomic E-state index is 12.5. The topological polar surface area (TPSA) is 88.2 Å². The third kappa shape index (κ3) is 4.44. The summed E-state index contributed by atoms with van der Waals surface area (Å²) in [4.78, 5) is 16.5. The van der Waals surface area contributed by atoms with E-state index in [1.165, 1.54) is 29.7 Å². The fourth-order valence-corrected chi connectivity index (χ4v) is 4.78. The van der Waals surface area contributed by atoms with Crippen LogP contribution in [0.5, 0.6) is 0 Å². The standard InChI is InChI=1S/C21H17N3O3S2/c25-20(14-16-6-3-5-15-4-1-2-7-19(15)16)23-17-8-10-18(11-9-17)29(26,27)24-21-22-12-13-28-21/h1-13H,14H2,(H,22,24)(H,23,25). The molecule has 3 aromatic carbocycles. The first-order valence-electron chi connectivity index (χ1n) is 8.80. The fourth-order valence-electron chi connectivity index (χ4n) is 2.99. The van der Waals surface area contributed by atoms with Crippen LogP contribution >= 0.6 is 11.3 Å². The SMILES string of the molecule is O=C(Cc1cccc2ccccc12)Nc1ccc(S(=O)(=O)Nc2nccs2)cc1. The normalized spacial score (nSPS) is 11.3. The Kier molecular flexibility index (Phi) is 5.28. The number of hydrogen-bond acceptors (Lipinski definition) is 5. The number of hydrogen-bond donors (Lipinski definition) is 2. The van der Waals surface area contributed by atoms with Gasteiger partial charge < -0.3 is 5.32 Å². The summed E-state index contributed by atoms with van der Waals surface area (Å²) in [5.41, 5.74) is 1.47. The number of thiazole rings is 1. The molecule has 6 nitrogen and oxygen atoms in total. The van der Waals surface area contributed by atoms with Crippen LogP contribution in [0, 0.1) is 0 Å². The Morgan fingerprint density at radius 3 is 2.48 bits per heavy atom. The predicted octanol–water partition coefficient (Wildman–Crippen LogP) is 4.28. The molecule has 0 fully saturated rings. The Labute approximate surface area is 172 Å². The zero-order valence-corrected chi connectivity index (χ0v) is 16.8. The molecule has 0 atom stereocenters. The lowest BCUT2D eigenvalue weighted by Gasteiger charge is -2.09. The van der Waals surface area contributed by atoms with Crippen LogP contribution in [0.3, 0.4) is 0 Å². The Hall–Kier alpha value is -3.23. The maximum absolute atomic E-state index is 12.5. The van der Waals surface area contributed by atoms with Crippen molar-refractivity contribution in [2.24, 2.45) is 0 Å². The highest BCUT2D eigenvalue weighted by Gasteiger charge is 2.15. The zero-order chi connectivity index (χ0) is 20.3. The molecule has 2 N–H and O–H groups in total. The summed E-state index contributed by atoms with van der Waals surface area (Å²) in [6.45, 7) is 0. The van der Waals surface area contributed by atoms with E-state index in [2.05, 4.69) is 15.0 Å². The Bertz CT molecular complexity index is 1250. The summed E-state index contributed by atoms with van der Waals surface area (Å²) in [6.07, 6.45) is 1.75. The first kappa shape index (κ1) is 19.1. The van der Waals surface area contributed by atoms with Gasteiger partial charge in [0.25, 0.3) is 10.0 Å². The highest BCUT2D eigenvalue weighted by molar-refractivity contribution is 7.93. The highest BCUT2D eigenvalue weighted by atomic mass is 32.2. The van der Waals surface area contributed by atoms with Gasteiger partial charge in [0.15, 0.2) is 5.13 Å². The average Bonchev–Trinajstić information content (AvgIpc) is 3.21. The predicted molar refractivity (Wildman–Crippen MR) is 116 cm³/mol. The van der Waals surface area contributed by atoms with Crippen LogP contribution in [0.1, 0.15) is 5.56 Å². The van der Waals surface area contributed by atoms with Gasteiger partial charge in [-0.2, -0.15) is 0 Å². The van der Waals surface area contributed by atoms with E-state index in [0.29, 0.717) is 10.8 Å². The zero-order valence-electron chi connectivity index (χ0n) is 15.2. The van der Waals surface area contributed by atoms with Crippen molar-refractivity contribution in [1.29, 1.82) is 0 Å². The van der Waals surface area contributed by atoms with Gasteiger partial charge >= 0.3 is 0 Å². The minimum Gasteiger partial charge on any atom is -0.326 e. The molecule has 146 valence electrons. The van der Waals surface area contributed by atoms with E-state index >= 15 is 0 Å². The average molecular weight is 424 g/mol. The number of sulfonamides is 1. The minimum atomic E-state index is -3.72. The van der Waals surface area contributed by atoms with Crippen LogP contribution in [0.4, 0.5) is 10.8 Å². The number of nitrogens with zero attached hydrogens (tertiary/aromatic N) is 1. The van der Waals surface area contributed by atoms with Crippen molar-refractivity contribution in [3.63, 3.8) is 0 Å². The molecule has 4 aromatic rings. The number of aromatic nitrogens is 1. The summed E-state index contributed by atoms with van der Waals surface area (Å²) in [5, 5.41) is 6.93. The molecule has 1 aromatic heterocycles. The monoisotopic (exact) mass is 423 g/mol. The summed E-state index contributed by atoms with van der Waals surface area (Å²) >= 11 is 1.20. The van der Waals surface area contributed by atoms with E-state index in [1.807, 2.05) is 42.5 Å². The lowest BCUT2D eigenvalue weighted by atomic mass is 10.0. The highest BCUT2D eigenvalue weighted by Crippen LogP contribution is 2.21. The maximum Gasteiger partial charge on any atom is 0.263 e. The summed E-state index contributed by atoms with van der Waals surface area (Å²) in [5.74, 6) is -0.169. The van der Waals surface area contributed by atoms with Gasteiger partial charge in [-0.1, -0.05) is 42.5 Å². The number of nitrogens with one attached hydrogen (secondary N) is 2. The lowest BCUT2D eigenvalue weighted by molar-refractivity contribution is -0.115. The van der Waals surface area contributed by atoms with Crippen LogP contribution in [0.15, 0.2) is 83.2 Å². The molecule has 0 saturated carbocycles. The molecule has 1 heterocycles. The smallest absolute Gasteiger partial charge is 0.263 e. The third-order valence-electron chi connectivity index (χ3n) is 4.33. The Morgan fingerprint density at radius 2 is 1.72 bits per heavy atom. The molecule has 4 rings (SSSR count). The molecule has 0 spiro atoms. The minimum absolute atomic E-state index is 0.0970. The summed E-state index contributed by atoms with van der Waals surface area (Å²) in [7, 11) is -3.72. The molecule has 0 unspecified atom stereocenters. The summed E-state index contributed by atoms with van der Waals surface area (Å²) < 4.78 is 27.2. The van der Waals surface area contributed by atoms with Crippen molar-refractivity contribution in [2.75, 3.05) is 10.0 Å². The second kappa shape index (κ2) is 8.02. The molecule has 0 aliphatic rings. The number of fused-ring (bicyclic) bond motifs is 1. The van der Waals surface area contributed by atoms with Crippen molar-refractivity contribution < 1.29 is 13.2 Å². The van der Waals surface area contributed by atoms with Gasteiger partial charge in [-0.15, -0.1) is 11.3 Å². The number of amides is 1. The number of rotatable bonds is 6. The van der Waals surface area contributed by atoms with E-state index in [1.54, 1.807) is 17.5 Å². The van der Waals surface area contributed by atoms with Crippen molar-refractivity contribution in [3.05, 3.63) is 83.9 Å². The van der Waals surface area contributed by atoms with Gasteiger partial charge in [0.1, 0.15) is 0 Å². The van der Waals surface area contributed by atoms with Gasteiger partial charge in [0, 0.05) is 17.3 Å². The van der Waals surface area contributed by atoms with Crippen molar-refractivity contribution in [3.8, 4) is 0 Å². The summed E-state index contributed by atoms with van der Waals surface area (Å²) in [6, 6.07) is 19.8. The molecular formula is C21H17N3O3S2. The van der Waals surface area contributed by atoms with Crippen LogP contribution < -0.4 is 10.0 Å². The molecule has 29 heavy (non-hydrogen) atoms. The Morgan fingerprint density at radius 1 is 0.966 bits per heavy atom. The number of anilines is 2. The number of benzene rings is 3. The largest absolute Gasteiger partial charge is 0.326 e. The van der Waals surface area contributed by atoms with Gasteiger partial charge in [-0.3, -0.25) is 9.52 Å². The fraction of sp³-hybridized carbons (Fsp3) is 0.0476. The molecule has 8 heteroatoms. The third-order valence-corrected chi connectivity index (χ3v) is 6.51. The molecule has 1 amide bonds. The molecule has 0 saturated heterocycles. The van der Waals surface area contributed by atoms with Gasteiger partial charge in [0.05, 0.1) is 11.3 Å². The first-order valence-corrected chi connectivity index (χ1v) is 11.2. The van der Waals surface area contributed by atoms with E-state index in [0.717, 1.165) is 16.3 Å². The first-order chi connectivity index (χ1) is 14.0. The van der Waals surface area contributed by atoms with E-state index < -0.39 is 10.0 Å². The molecule has 0 aliphatic carbocycles. The number of carbonyl (C=O) groups excluding carboxylic acids is 1. The van der Waals surface area contributed by atoms with Crippen LogP contribution in [-0.4, -0.2) is 19.3 Å². The van der Waals surface area contributed by atoms with Crippen LogP contribution in [0.2, 0.25) is 0 Å². The van der Waals surface area contributed by atoms with Gasteiger partial charge in [0.2, 0.25) is 5.91 Å². The van der Waals surface area contributed by atoms with Crippen molar-refractivity contribution >= 4 is 48.9 Å². The van der Waals surface area contributed by atoms with Crippen molar-refractivity contribution in [1.82, 2.24) is 4.98 Å². The second-order valence-corrected chi connectivity index (χ2v) is 8.91.